The molecule has 3 rings (SSSR count). The molecule has 0 aliphatic carbocycles. The van der Waals surface area contributed by atoms with Gasteiger partial charge in [0.05, 0.1) is 0 Å². The van der Waals surface area contributed by atoms with E-state index in [2.05, 4.69) is 9.94 Å². The van der Waals surface area contributed by atoms with Crippen molar-refractivity contribution >= 4 is 23.9 Å². The molecule has 15 nitrogen and oxygen atoms in total. The van der Waals surface area contributed by atoms with E-state index in [0.717, 1.165) is 28.2 Å². The SMILES string of the molecule is CCCCC(=O)N(Cc1ccc(-c2ccccc2/C(N)=N/N(N)C(C)OC(=O)OCc2ccccc2CO[N+](=O)[O-])cc1)C(C(=O)O)C(C)C. The highest BCUT2D eigenvalue weighted by Gasteiger charge is 2.32. The van der Waals surface area contributed by atoms with E-state index in [1.54, 1.807) is 50.2 Å². The van der Waals surface area contributed by atoms with Gasteiger partial charge < -0.3 is 30.1 Å². The average molecular weight is 693 g/mol. The van der Waals surface area contributed by atoms with Crippen LogP contribution >= 0.6 is 0 Å². The lowest BCUT2D eigenvalue weighted by molar-refractivity contribution is -0.763. The number of nitrogens with two attached hydrogens (primary N) is 2. The number of rotatable bonds is 18. The van der Waals surface area contributed by atoms with Crippen LogP contribution in [0, 0.1) is 16.0 Å². The molecule has 3 aromatic rings. The lowest BCUT2D eigenvalue weighted by atomic mass is 9.97. The number of hydrazone groups is 1. The molecule has 268 valence electrons. The summed E-state index contributed by atoms with van der Waals surface area (Å²) in [6.07, 6.45) is -0.375. The van der Waals surface area contributed by atoms with Gasteiger partial charge in [0.1, 0.15) is 19.3 Å². The third-order valence-electron chi connectivity index (χ3n) is 7.76. The Morgan fingerprint density at radius 2 is 1.58 bits per heavy atom. The van der Waals surface area contributed by atoms with Crippen LogP contribution < -0.4 is 11.6 Å². The predicted molar refractivity (Wildman–Crippen MR) is 184 cm³/mol. The van der Waals surface area contributed by atoms with Crippen LogP contribution in [0.3, 0.4) is 0 Å². The van der Waals surface area contributed by atoms with Gasteiger partial charge in [0, 0.05) is 18.5 Å². The Balaban J connectivity index is 1.71. The van der Waals surface area contributed by atoms with E-state index in [1.807, 2.05) is 43.3 Å². The first-order valence-corrected chi connectivity index (χ1v) is 16.1. The lowest BCUT2D eigenvalue weighted by Gasteiger charge is -2.32. The molecule has 0 aromatic heterocycles. The molecule has 0 aliphatic heterocycles. The molecule has 2 atom stereocenters. The Morgan fingerprint density at radius 3 is 2.18 bits per heavy atom. The van der Waals surface area contributed by atoms with Crippen molar-refractivity contribution in [2.45, 2.75) is 79.0 Å². The lowest BCUT2D eigenvalue weighted by Crippen LogP contribution is -2.47. The zero-order valence-corrected chi connectivity index (χ0v) is 28.6. The van der Waals surface area contributed by atoms with Gasteiger partial charge in [-0.3, -0.25) is 4.79 Å². The predicted octanol–water partition coefficient (Wildman–Crippen LogP) is 5.19. The van der Waals surface area contributed by atoms with Crippen LogP contribution in [-0.2, 0) is 43.7 Å². The normalized spacial score (nSPS) is 12.5. The van der Waals surface area contributed by atoms with Crippen LogP contribution in [0.2, 0.25) is 0 Å². The number of carbonyl (C=O) groups excluding carboxylic acids is 2. The summed E-state index contributed by atoms with van der Waals surface area (Å²) in [5, 5.41) is 24.6. The highest BCUT2D eigenvalue weighted by molar-refractivity contribution is 6.03. The first-order valence-electron chi connectivity index (χ1n) is 16.1. The molecule has 0 heterocycles. The molecule has 2 unspecified atom stereocenters. The topological polar surface area (TPSA) is 213 Å². The number of unbranched alkanes of at least 4 members (excludes halogenated alkanes) is 1. The number of carboxylic acids is 1. The van der Waals surface area contributed by atoms with Crippen molar-refractivity contribution in [3.63, 3.8) is 0 Å². The fourth-order valence-electron chi connectivity index (χ4n) is 5.12. The minimum Gasteiger partial charge on any atom is -0.480 e. The van der Waals surface area contributed by atoms with E-state index in [1.165, 1.54) is 11.8 Å². The molecule has 3 aromatic carbocycles. The molecule has 0 aliphatic rings. The van der Waals surface area contributed by atoms with E-state index in [0.29, 0.717) is 23.1 Å². The first-order chi connectivity index (χ1) is 23.8. The highest BCUT2D eigenvalue weighted by atomic mass is 16.9. The van der Waals surface area contributed by atoms with Gasteiger partial charge in [-0.15, -0.1) is 15.2 Å². The van der Waals surface area contributed by atoms with Gasteiger partial charge in [0.25, 0.3) is 5.09 Å². The summed E-state index contributed by atoms with van der Waals surface area (Å²) in [6, 6.07) is 20.2. The van der Waals surface area contributed by atoms with E-state index in [-0.39, 0.29) is 43.8 Å². The average Bonchev–Trinajstić information content (AvgIpc) is 3.08. The van der Waals surface area contributed by atoms with E-state index in [9.17, 15) is 29.6 Å². The summed E-state index contributed by atoms with van der Waals surface area (Å²) in [5.74, 6) is 4.57. The fourth-order valence-corrected chi connectivity index (χ4v) is 5.12. The molecule has 50 heavy (non-hydrogen) atoms. The molecule has 0 saturated heterocycles. The van der Waals surface area contributed by atoms with Gasteiger partial charge in [-0.1, -0.05) is 100.0 Å². The molecule has 0 radical (unpaired) electrons. The van der Waals surface area contributed by atoms with Crippen LogP contribution in [0.4, 0.5) is 4.79 Å². The van der Waals surface area contributed by atoms with Crippen molar-refractivity contribution in [2.24, 2.45) is 22.6 Å². The van der Waals surface area contributed by atoms with Gasteiger partial charge in [0.15, 0.2) is 5.84 Å². The number of hydrogen-bond acceptors (Lipinski definition) is 11. The summed E-state index contributed by atoms with van der Waals surface area (Å²) < 4.78 is 10.4. The smallest absolute Gasteiger partial charge is 0.480 e. The second-order valence-electron chi connectivity index (χ2n) is 11.8. The van der Waals surface area contributed by atoms with Crippen LogP contribution in [0.1, 0.15) is 69.2 Å². The second kappa shape index (κ2) is 18.7. The van der Waals surface area contributed by atoms with Crippen molar-refractivity contribution < 1.29 is 38.9 Å². The fraction of sp³-hybridized carbons (Fsp3) is 0.371. The molecular weight excluding hydrogens is 648 g/mol. The van der Waals surface area contributed by atoms with Crippen molar-refractivity contribution in [3.8, 4) is 11.1 Å². The van der Waals surface area contributed by atoms with Crippen molar-refractivity contribution in [2.75, 3.05) is 0 Å². The van der Waals surface area contributed by atoms with Gasteiger partial charge in [-0.25, -0.2) is 15.4 Å². The second-order valence-corrected chi connectivity index (χ2v) is 11.8. The number of hydrogen-bond donors (Lipinski definition) is 3. The molecule has 1 amide bonds. The molecule has 0 spiro atoms. The Bertz CT molecular complexity index is 1650. The largest absolute Gasteiger partial charge is 0.510 e. The maximum atomic E-state index is 13.1. The number of carboxylic acid groups (broad SMARTS) is 1. The summed E-state index contributed by atoms with van der Waals surface area (Å²) in [7, 11) is 0. The summed E-state index contributed by atoms with van der Waals surface area (Å²) in [5.41, 5.74) is 10.1. The number of carbonyl (C=O) groups is 3. The Labute approximate surface area is 290 Å². The van der Waals surface area contributed by atoms with E-state index >= 15 is 0 Å². The molecule has 0 saturated carbocycles. The highest BCUT2D eigenvalue weighted by Crippen LogP contribution is 2.26. The molecule has 0 bridgehead atoms. The number of hydrazine groups is 1. The standard InChI is InChI=1S/C35H44N6O9/c1-5-6-15-31(42)39(32(23(2)3)34(43)44)20-25-16-18-26(19-17-25)29-13-9-10-14-30(29)33(36)38-40(37)24(4)50-35(45)48-21-27-11-7-8-12-28(27)22-49-41(46)47/h7-14,16-19,23-24,32H,5-6,15,20-22,37H2,1-4H3,(H2,36,38)(H,43,44). The van der Waals surface area contributed by atoms with Crippen LogP contribution in [0.25, 0.3) is 11.1 Å². The molecule has 5 N–H and O–H groups in total. The van der Waals surface area contributed by atoms with E-state index < -0.39 is 29.5 Å². The Morgan fingerprint density at radius 1 is 0.960 bits per heavy atom. The molecular formula is C35H44N6O9. The quantitative estimate of drug-likeness (QED) is 0.0299. The van der Waals surface area contributed by atoms with Crippen LogP contribution in [0.15, 0.2) is 77.9 Å². The third-order valence-corrected chi connectivity index (χ3v) is 7.76. The summed E-state index contributed by atoms with van der Waals surface area (Å²) >= 11 is 0. The summed E-state index contributed by atoms with van der Waals surface area (Å²) in [4.78, 5) is 54.0. The Hall–Kier alpha value is -5.70. The maximum absolute atomic E-state index is 13.1. The number of amides is 1. The number of benzene rings is 3. The zero-order valence-electron chi connectivity index (χ0n) is 28.6. The van der Waals surface area contributed by atoms with Crippen LogP contribution in [-0.4, -0.2) is 56.3 Å². The number of nitrogens with zero attached hydrogens (tertiary/aromatic N) is 4. The van der Waals surface area contributed by atoms with E-state index in [4.69, 9.17) is 21.1 Å². The molecule has 15 heteroatoms. The van der Waals surface area contributed by atoms with Gasteiger partial charge in [-0.05, 0) is 47.1 Å². The number of aliphatic carboxylic acids is 1. The van der Waals surface area contributed by atoms with Gasteiger partial charge >= 0.3 is 12.1 Å². The third kappa shape index (κ3) is 11.2. The van der Waals surface area contributed by atoms with Gasteiger partial charge in [0.2, 0.25) is 12.1 Å². The Kier molecular flexibility index (Phi) is 14.5. The van der Waals surface area contributed by atoms with Crippen molar-refractivity contribution in [3.05, 3.63) is 105 Å². The van der Waals surface area contributed by atoms with Crippen LogP contribution in [0.5, 0.6) is 0 Å². The number of ether oxygens (including phenoxy) is 2. The van der Waals surface area contributed by atoms with Crippen molar-refractivity contribution in [1.29, 1.82) is 0 Å². The van der Waals surface area contributed by atoms with Gasteiger partial charge in [-0.2, -0.15) is 5.12 Å². The molecule has 0 fully saturated rings. The monoisotopic (exact) mass is 692 g/mol. The maximum Gasteiger partial charge on any atom is 0.510 e. The first kappa shape index (κ1) is 38.7. The number of amidine groups is 1. The zero-order chi connectivity index (χ0) is 36.8. The minimum absolute atomic E-state index is 0.0321. The minimum atomic E-state index is -1.09. The summed E-state index contributed by atoms with van der Waals surface area (Å²) in [6.45, 7) is 6.63. The van der Waals surface area contributed by atoms with Crippen molar-refractivity contribution in [1.82, 2.24) is 10.0 Å².